The van der Waals surface area contributed by atoms with E-state index in [0.717, 1.165) is 24.2 Å². The van der Waals surface area contributed by atoms with Crippen LogP contribution in [-0.4, -0.2) is 59.8 Å². The molecule has 32 heavy (non-hydrogen) atoms. The minimum atomic E-state index is -3.54. The molecular formula is C21H23N5O4S2. The number of hydrogen-bond donors (Lipinski definition) is 2. The molecule has 0 unspecified atom stereocenters. The molecule has 3 aromatic rings. The Morgan fingerprint density at radius 1 is 1.19 bits per heavy atom. The minimum Gasteiger partial charge on any atom is -0.497 e. The Balaban J connectivity index is 1.35. The van der Waals surface area contributed by atoms with Crippen LogP contribution in [0.5, 0.6) is 5.75 Å². The number of amides is 1. The van der Waals surface area contributed by atoms with Crippen LogP contribution in [0.25, 0.3) is 11.4 Å². The van der Waals surface area contributed by atoms with Crippen molar-refractivity contribution < 1.29 is 17.9 Å². The van der Waals surface area contributed by atoms with E-state index in [1.54, 1.807) is 25.3 Å². The van der Waals surface area contributed by atoms with Crippen molar-refractivity contribution in [3.63, 3.8) is 0 Å². The molecule has 0 bridgehead atoms. The van der Waals surface area contributed by atoms with Crippen molar-refractivity contribution in [3.8, 4) is 17.1 Å². The second-order valence-corrected chi connectivity index (χ2v) is 10.1. The van der Waals surface area contributed by atoms with Gasteiger partial charge < -0.3 is 10.1 Å². The molecule has 1 saturated heterocycles. The lowest BCUT2D eigenvalue weighted by Crippen LogP contribution is -2.28. The zero-order chi connectivity index (χ0) is 22.6. The molecule has 1 aliphatic rings. The Bertz CT molecular complexity index is 1190. The molecular weight excluding hydrogens is 450 g/mol. The summed E-state index contributed by atoms with van der Waals surface area (Å²) in [7, 11) is -1.93. The molecule has 1 fully saturated rings. The van der Waals surface area contributed by atoms with Gasteiger partial charge in [-0.15, -0.1) is 5.10 Å². The highest BCUT2D eigenvalue weighted by Crippen LogP contribution is 2.24. The van der Waals surface area contributed by atoms with Gasteiger partial charge in [0.1, 0.15) is 5.75 Å². The molecule has 0 spiro atoms. The molecule has 2 N–H and O–H groups in total. The first-order valence-corrected chi connectivity index (χ1v) is 12.5. The van der Waals surface area contributed by atoms with Gasteiger partial charge in [0.25, 0.3) is 0 Å². The van der Waals surface area contributed by atoms with Crippen molar-refractivity contribution in [1.82, 2.24) is 19.5 Å². The van der Waals surface area contributed by atoms with E-state index in [2.05, 4.69) is 20.5 Å². The van der Waals surface area contributed by atoms with Crippen LogP contribution in [0.15, 0.2) is 58.6 Å². The van der Waals surface area contributed by atoms with Gasteiger partial charge in [-0.25, -0.2) is 13.4 Å². The predicted molar refractivity (Wildman–Crippen MR) is 122 cm³/mol. The average Bonchev–Trinajstić information content (AvgIpc) is 3.51. The number of aromatic nitrogens is 3. The summed E-state index contributed by atoms with van der Waals surface area (Å²) in [5.41, 5.74) is 1.29. The number of carbonyl (C=O) groups is 1. The van der Waals surface area contributed by atoms with Crippen LogP contribution in [-0.2, 0) is 14.8 Å². The summed E-state index contributed by atoms with van der Waals surface area (Å²) in [5.74, 6) is 1.15. The molecule has 2 heterocycles. The third-order valence-electron chi connectivity index (χ3n) is 4.98. The van der Waals surface area contributed by atoms with Crippen molar-refractivity contribution in [3.05, 3.63) is 48.5 Å². The minimum absolute atomic E-state index is 0.0863. The number of H-pyrrole nitrogens is 1. The Morgan fingerprint density at radius 3 is 2.66 bits per heavy atom. The Labute approximate surface area is 190 Å². The van der Waals surface area contributed by atoms with E-state index in [1.165, 1.54) is 22.1 Å². The molecule has 1 aliphatic heterocycles. The first kappa shape index (κ1) is 22.3. The molecule has 11 heteroatoms. The number of aromatic amines is 1. The second-order valence-electron chi connectivity index (χ2n) is 7.17. The number of methoxy groups -OCH3 is 1. The SMILES string of the molecule is COc1ccc(-c2nc(SCC(=O)Nc3cccc(S(=O)(=O)N4CCCC4)c3)n[nH]2)cc1. The number of hydrogen-bond acceptors (Lipinski definition) is 7. The van der Waals surface area contributed by atoms with Gasteiger partial charge in [-0.3, -0.25) is 9.89 Å². The molecule has 168 valence electrons. The lowest BCUT2D eigenvalue weighted by molar-refractivity contribution is -0.113. The van der Waals surface area contributed by atoms with E-state index in [1.807, 2.05) is 24.3 Å². The standard InChI is InChI=1S/C21H23N5O4S2/c1-30-17-9-7-15(8-10-17)20-23-21(25-24-20)31-14-19(27)22-16-5-4-6-18(13-16)32(28,29)26-11-2-3-12-26/h4-10,13H,2-3,11-12,14H2,1H3,(H,22,27)(H,23,24,25). The third-order valence-corrected chi connectivity index (χ3v) is 7.72. The fraction of sp³-hybridized carbons (Fsp3) is 0.286. The number of rotatable bonds is 8. The number of thioether (sulfide) groups is 1. The average molecular weight is 474 g/mol. The van der Waals surface area contributed by atoms with Crippen molar-refractivity contribution in [1.29, 1.82) is 0 Å². The zero-order valence-corrected chi connectivity index (χ0v) is 19.1. The number of benzene rings is 2. The Kier molecular flexibility index (Phi) is 6.77. The normalized spacial score (nSPS) is 14.4. The number of ether oxygens (including phenoxy) is 1. The number of nitrogens with zero attached hydrogens (tertiary/aromatic N) is 3. The maximum atomic E-state index is 12.7. The maximum absolute atomic E-state index is 12.7. The molecule has 2 aromatic carbocycles. The van der Waals surface area contributed by atoms with Crippen LogP contribution in [0, 0.1) is 0 Å². The van der Waals surface area contributed by atoms with Crippen LogP contribution in [0.2, 0.25) is 0 Å². The van der Waals surface area contributed by atoms with Gasteiger partial charge in [-0.2, -0.15) is 4.31 Å². The Morgan fingerprint density at radius 2 is 1.94 bits per heavy atom. The summed E-state index contributed by atoms with van der Waals surface area (Å²) < 4.78 is 32.1. The van der Waals surface area contributed by atoms with E-state index in [9.17, 15) is 13.2 Å². The summed E-state index contributed by atoms with van der Waals surface area (Å²) in [6, 6.07) is 13.7. The molecule has 0 aliphatic carbocycles. The van der Waals surface area contributed by atoms with Crippen molar-refractivity contribution >= 4 is 33.4 Å². The predicted octanol–water partition coefficient (Wildman–Crippen LogP) is 3.00. The summed E-state index contributed by atoms with van der Waals surface area (Å²) in [4.78, 5) is 17.0. The molecule has 4 rings (SSSR count). The summed E-state index contributed by atoms with van der Waals surface area (Å²) >= 11 is 1.18. The third kappa shape index (κ3) is 5.12. The smallest absolute Gasteiger partial charge is 0.243 e. The molecule has 1 aromatic heterocycles. The number of nitrogens with one attached hydrogen (secondary N) is 2. The second kappa shape index (κ2) is 9.72. The van der Waals surface area contributed by atoms with Crippen LogP contribution >= 0.6 is 11.8 Å². The van der Waals surface area contributed by atoms with Crippen LogP contribution in [0.4, 0.5) is 5.69 Å². The zero-order valence-electron chi connectivity index (χ0n) is 17.4. The van der Waals surface area contributed by atoms with Gasteiger partial charge in [0.15, 0.2) is 5.82 Å². The topological polar surface area (TPSA) is 117 Å². The van der Waals surface area contributed by atoms with Crippen LogP contribution < -0.4 is 10.1 Å². The van der Waals surface area contributed by atoms with E-state index in [0.29, 0.717) is 29.8 Å². The first-order valence-electron chi connectivity index (χ1n) is 10.1. The largest absolute Gasteiger partial charge is 0.497 e. The van der Waals surface area contributed by atoms with Crippen molar-refractivity contribution in [2.75, 3.05) is 31.3 Å². The van der Waals surface area contributed by atoms with Gasteiger partial charge in [0, 0.05) is 24.3 Å². The molecule has 0 radical (unpaired) electrons. The quantitative estimate of drug-likeness (QED) is 0.483. The lowest BCUT2D eigenvalue weighted by atomic mass is 10.2. The Hall–Kier alpha value is -2.89. The van der Waals surface area contributed by atoms with Gasteiger partial charge in [-0.05, 0) is 55.3 Å². The van der Waals surface area contributed by atoms with Crippen molar-refractivity contribution in [2.24, 2.45) is 0 Å². The molecule has 0 saturated carbocycles. The summed E-state index contributed by atoms with van der Waals surface area (Å²) in [6.07, 6.45) is 1.74. The van der Waals surface area contributed by atoms with Gasteiger partial charge in [-0.1, -0.05) is 17.8 Å². The fourth-order valence-corrected chi connectivity index (χ4v) is 5.49. The number of anilines is 1. The lowest BCUT2D eigenvalue weighted by Gasteiger charge is -2.16. The highest BCUT2D eigenvalue weighted by molar-refractivity contribution is 7.99. The van der Waals surface area contributed by atoms with Gasteiger partial charge in [0.2, 0.25) is 21.1 Å². The first-order chi connectivity index (χ1) is 15.5. The van der Waals surface area contributed by atoms with Gasteiger partial charge >= 0.3 is 0 Å². The van der Waals surface area contributed by atoms with Gasteiger partial charge in [0.05, 0.1) is 17.8 Å². The summed E-state index contributed by atoms with van der Waals surface area (Å²) in [5, 5.41) is 10.2. The van der Waals surface area contributed by atoms with Crippen LogP contribution in [0.1, 0.15) is 12.8 Å². The molecule has 1 amide bonds. The fourth-order valence-electron chi connectivity index (χ4n) is 3.33. The van der Waals surface area contributed by atoms with E-state index in [4.69, 9.17) is 4.74 Å². The number of carbonyl (C=O) groups excluding carboxylic acids is 1. The summed E-state index contributed by atoms with van der Waals surface area (Å²) in [6.45, 7) is 1.06. The number of sulfonamides is 1. The van der Waals surface area contributed by atoms with Crippen molar-refractivity contribution in [2.45, 2.75) is 22.9 Å². The van der Waals surface area contributed by atoms with E-state index in [-0.39, 0.29) is 16.6 Å². The molecule has 9 nitrogen and oxygen atoms in total. The highest BCUT2D eigenvalue weighted by atomic mass is 32.2. The molecule has 0 atom stereocenters. The maximum Gasteiger partial charge on any atom is 0.243 e. The van der Waals surface area contributed by atoms with E-state index < -0.39 is 10.0 Å². The van der Waals surface area contributed by atoms with E-state index >= 15 is 0 Å². The highest BCUT2D eigenvalue weighted by Gasteiger charge is 2.27. The van der Waals surface area contributed by atoms with Crippen LogP contribution in [0.3, 0.4) is 0 Å². The monoisotopic (exact) mass is 473 g/mol.